The van der Waals surface area contributed by atoms with Crippen LogP contribution < -0.4 is 4.74 Å². The molecule has 1 aliphatic carbocycles. The van der Waals surface area contributed by atoms with Crippen LogP contribution in [0, 0.1) is 0 Å². The maximum atomic E-state index is 12.4. The maximum absolute atomic E-state index is 12.4. The molecule has 0 aromatic heterocycles. The highest BCUT2D eigenvalue weighted by Gasteiger charge is 2.23. The van der Waals surface area contributed by atoms with Gasteiger partial charge in [-0.2, -0.15) is 0 Å². The Bertz CT molecular complexity index is 678. The number of carbonyl (C=O) groups excluding carboxylic acids is 1. The monoisotopic (exact) mass is 320 g/mol. The fourth-order valence-corrected chi connectivity index (χ4v) is 2.54. The fourth-order valence-electron chi connectivity index (χ4n) is 2.06. The van der Waals surface area contributed by atoms with Crippen molar-refractivity contribution in [3.63, 3.8) is 0 Å². The quantitative estimate of drug-likeness (QED) is 0.728. The Morgan fingerprint density at radius 1 is 1.14 bits per heavy atom. The molecule has 1 aliphatic rings. The van der Waals surface area contributed by atoms with Crippen LogP contribution in [0.15, 0.2) is 42.5 Å². The molecule has 0 radical (unpaired) electrons. The van der Waals surface area contributed by atoms with E-state index >= 15 is 0 Å². The van der Waals surface area contributed by atoms with E-state index in [0.717, 1.165) is 24.2 Å². The molecular formula is C17H14Cl2O2. The second kappa shape index (κ2) is 6.08. The van der Waals surface area contributed by atoms with E-state index in [2.05, 4.69) is 0 Å². The standard InChI is InChI=1S/C17H14Cl2O2/c18-13-5-4-11(16(19)10-13)9-17(20)12-2-1-3-15(8-12)21-14-6-7-14/h1-5,8,10,14H,6-7,9H2. The minimum Gasteiger partial charge on any atom is -0.490 e. The van der Waals surface area contributed by atoms with Crippen LogP contribution in [-0.2, 0) is 6.42 Å². The smallest absolute Gasteiger partial charge is 0.167 e. The molecule has 0 N–H and O–H groups in total. The highest BCUT2D eigenvalue weighted by Crippen LogP contribution is 2.28. The molecule has 0 heterocycles. The summed E-state index contributed by atoms with van der Waals surface area (Å²) in [6, 6.07) is 12.5. The van der Waals surface area contributed by atoms with Crippen LogP contribution in [0.4, 0.5) is 0 Å². The topological polar surface area (TPSA) is 26.3 Å². The highest BCUT2D eigenvalue weighted by molar-refractivity contribution is 6.35. The van der Waals surface area contributed by atoms with E-state index < -0.39 is 0 Å². The van der Waals surface area contributed by atoms with Gasteiger partial charge in [-0.1, -0.05) is 41.4 Å². The lowest BCUT2D eigenvalue weighted by Gasteiger charge is -2.07. The van der Waals surface area contributed by atoms with Gasteiger partial charge in [0.05, 0.1) is 6.10 Å². The van der Waals surface area contributed by atoms with Gasteiger partial charge in [-0.05, 0) is 42.7 Å². The molecule has 0 aliphatic heterocycles. The van der Waals surface area contributed by atoms with Gasteiger partial charge in [0.1, 0.15) is 5.75 Å². The molecule has 1 fully saturated rings. The van der Waals surface area contributed by atoms with E-state index in [1.165, 1.54) is 0 Å². The lowest BCUT2D eigenvalue weighted by atomic mass is 10.0. The van der Waals surface area contributed by atoms with Crippen molar-refractivity contribution in [1.29, 1.82) is 0 Å². The molecule has 0 spiro atoms. The molecule has 3 rings (SSSR count). The average molecular weight is 321 g/mol. The Labute approximate surface area is 133 Å². The Morgan fingerprint density at radius 2 is 1.95 bits per heavy atom. The number of rotatable bonds is 5. The zero-order valence-electron chi connectivity index (χ0n) is 11.3. The molecule has 0 atom stereocenters. The predicted octanol–water partition coefficient (Wildman–Crippen LogP) is 4.96. The molecule has 0 amide bonds. The van der Waals surface area contributed by atoms with E-state index in [-0.39, 0.29) is 12.2 Å². The molecule has 1 saturated carbocycles. The third kappa shape index (κ3) is 3.78. The summed E-state index contributed by atoms with van der Waals surface area (Å²) in [5, 5.41) is 1.08. The zero-order valence-corrected chi connectivity index (χ0v) is 12.8. The minimum absolute atomic E-state index is 0.0143. The largest absolute Gasteiger partial charge is 0.490 e. The number of carbonyl (C=O) groups is 1. The van der Waals surface area contributed by atoms with Gasteiger partial charge in [0, 0.05) is 22.0 Å². The lowest BCUT2D eigenvalue weighted by Crippen LogP contribution is -2.05. The molecule has 0 bridgehead atoms. The Hall–Kier alpha value is -1.51. The van der Waals surface area contributed by atoms with Crippen molar-refractivity contribution in [2.45, 2.75) is 25.4 Å². The van der Waals surface area contributed by atoms with Crippen LogP contribution in [0.2, 0.25) is 10.0 Å². The third-order valence-corrected chi connectivity index (χ3v) is 3.94. The van der Waals surface area contributed by atoms with E-state index in [9.17, 15) is 4.79 Å². The summed E-state index contributed by atoms with van der Waals surface area (Å²) in [4.78, 5) is 12.4. The van der Waals surface area contributed by atoms with E-state index in [4.69, 9.17) is 27.9 Å². The van der Waals surface area contributed by atoms with Gasteiger partial charge in [0.2, 0.25) is 0 Å². The lowest BCUT2D eigenvalue weighted by molar-refractivity contribution is 0.0992. The van der Waals surface area contributed by atoms with Crippen molar-refractivity contribution in [2.75, 3.05) is 0 Å². The molecule has 2 nitrogen and oxygen atoms in total. The Morgan fingerprint density at radius 3 is 2.67 bits per heavy atom. The number of ketones is 1. The highest BCUT2D eigenvalue weighted by atomic mass is 35.5. The second-order valence-corrected chi connectivity index (χ2v) is 6.02. The first-order valence-corrected chi connectivity index (χ1v) is 7.61. The SMILES string of the molecule is O=C(Cc1ccc(Cl)cc1Cl)c1cccc(OC2CC2)c1. The van der Waals surface area contributed by atoms with Crippen molar-refractivity contribution in [2.24, 2.45) is 0 Å². The fraction of sp³-hybridized carbons (Fsp3) is 0.235. The van der Waals surface area contributed by atoms with Crippen LogP contribution >= 0.6 is 23.2 Å². The van der Waals surface area contributed by atoms with Crippen molar-refractivity contribution < 1.29 is 9.53 Å². The number of hydrogen-bond acceptors (Lipinski definition) is 2. The first kappa shape index (κ1) is 14.4. The molecule has 4 heteroatoms. The normalized spacial score (nSPS) is 14.0. The van der Waals surface area contributed by atoms with Gasteiger partial charge in [-0.3, -0.25) is 4.79 Å². The number of Topliss-reactive ketones (excluding diaryl/α,β-unsaturated/α-hetero) is 1. The van der Waals surface area contributed by atoms with Crippen molar-refractivity contribution in [1.82, 2.24) is 0 Å². The maximum Gasteiger partial charge on any atom is 0.167 e. The van der Waals surface area contributed by atoms with Crippen molar-refractivity contribution >= 4 is 29.0 Å². The molecule has 108 valence electrons. The van der Waals surface area contributed by atoms with Crippen LogP contribution in [0.5, 0.6) is 5.75 Å². The number of halogens is 2. The van der Waals surface area contributed by atoms with Crippen LogP contribution in [0.25, 0.3) is 0 Å². The van der Waals surface area contributed by atoms with Crippen LogP contribution in [-0.4, -0.2) is 11.9 Å². The van der Waals surface area contributed by atoms with E-state index in [1.807, 2.05) is 12.1 Å². The molecule has 0 saturated heterocycles. The molecule has 0 unspecified atom stereocenters. The van der Waals surface area contributed by atoms with E-state index in [1.54, 1.807) is 30.3 Å². The number of ether oxygens (including phenoxy) is 1. The van der Waals surface area contributed by atoms with E-state index in [0.29, 0.717) is 21.7 Å². The first-order valence-electron chi connectivity index (χ1n) is 6.85. The van der Waals surface area contributed by atoms with Crippen molar-refractivity contribution in [3.05, 3.63) is 63.6 Å². The average Bonchev–Trinajstić information content (AvgIpc) is 3.26. The summed E-state index contributed by atoms with van der Waals surface area (Å²) in [5.41, 5.74) is 1.42. The van der Waals surface area contributed by atoms with Gasteiger partial charge < -0.3 is 4.74 Å². The summed E-state index contributed by atoms with van der Waals surface area (Å²) in [6.45, 7) is 0. The first-order chi connectivity index (χ1) is 10.1. The Balaban J connectivity index is 1.75. The number of hydrogen-bond donors (Lipinski definition) is 0. The summed E-state index contributed by atoms with van der Waals surface area (Å²) in [6.07, 6.45) is 2.76. The summed E-state index contributed by atoms with van der Waals surface area (Å²) >= 11 is 12.0. The predicted molar refractivity (Wildman–Crippen MR) is 84.6 cm³/mol. The molecule has 2 aromatic rings. The van der Waals surface area contributed by atoms with Gasteiger partial charge in [0.15, 0.2) is 5.78 Å². The zero-order chi connectivity index (χ0) is 14.8. The Kier molecular flexibility index (Phi) is 4.18. The van der Waals surface area contributed by atoms with Gasteiger partial charge in [-0.25, -0.2) is 0 Å². The van der Waals surface area contributed by atoms with Crippen LogP contribution in [0.3, 0.4) is 0 Å². The van der Waals surface area contributed by atoms with Crippen LogP contribution in [0.1, 0.15) is 28.8 Å². The van der Waals surface area contributed by atoms with Gasteiger partial charge in [-0.15, -0.1) is 0 Å². The molecule has 2 aromatic carbocycles. The summed E-state index contributed by atoms with van der Waals surface area (Å²) in [5.74, 6) is 0.769. The van der Waals surface area contributed by atoms with Gasteiger partial charge >= 0.3 is 0 Å². The summed E-state index contributed by atoms with van der Waals surface area (Å²) in [7, 11) is 0. The second-order valence-electron chi connectivity index (χ2n) is 5.18. The minimum atomic E-state index is 0.0143. The summed E-state index contributed by atoms with van der Waals surface area (Å²) < 4.78 is 5.71. The number of benzene rings is 2. The van der Waals surface area contributed by atoms with Gasteiger partial charge in [0.25, 0.3) is 0 Å². The third-order valence-electron chi connectivity index (χ3n) is 3.35. The van der Waals surface area contributed by atoms with Crippen molar-refractivity contribution in [3.8, 4) is 5.75 Å². The molecular weight excluding hydrogens is 307 g/mol. The molecule has 21 heavy (non-hydrogen) atoms.